The van der Waals surface area contributed by atoms with Gasteiger partial charge < -0.3 is 14.8 Å². The maximum absolute atomic E-state index is 13.5. The van der Waals surface area contributed by atoms with Crippen molar-refractivity contribution in [1.29, 1.82) is 0 Å². The number of hydrogen-bond acceptors (Lipinski definition) is 4. The Labute approximate surface area is 146 Å². The number of benzene rings is 2. The van der Waals surface area contributed by atoms with Gasteiger partial charge in [-0.15, -0.1) is 0 Å². The molecule has 0 aliphatic heterocycles. The molecular weight excluding hydrogens is 383 g/mol. The number of carbonyl (C=O) groups is 2. The fourth-order valence-corrected chi connectivity index (χ4v) is 2.07. The van der Waals surface area contributed by atoms with Crippen molar-refractivity contribution in [2.24, 2.45) is 0 Å². The number of carbonyl (C=O) groups excluding carboxylic acids is 2. The lowest BCUT2D eigenvalue weighted by Gasteiger charge is -2.09. The van der Waals surface area contributed by atoms with Crippen LogP contribution in [0.15, 0.2) is 46.9 Å². The molecule has 2 aromatic rings. The summed E-state index contributed by atoms with van der Waals surface area (Å²) in [5.41, 5.74) is 0.487. The van der Waals surface area contributed by atoms with E-state index in [0.29, 0.717) is 15.9 Å². The lowest BCUT2D eigenvalue weighted by atomic mass is 10.3. The van der Waals surface area contributed by atoms with E-state index in [9.17, 15) is 14.0 Å². The van der Waals surface area contributed by atoms with E-state index in [0.717, 1.165) is 0 Å². The lowest BCUT2D eigenvalue weighted by Crippen LogP contribution is -2.37. The van der Waals surface area contributed by atoms with Gasteiger partial charge in [0.05, 0.1) is 7.11 Å². The van der Waals surface area contributed by atoms with Crippen molar-refractivity contribution in [2.45, 2.75) is 0 Å². The van der Waals surface area contributed by atoms with Gasteiger partial charge in [-0.3, -0.25) is 10.1 Å². The predicted molar refractivity (Wildman–Crippen MR) is 89.8 cm³/mol. The molecule has 8 heteroatoms. The van der Waals surface area contributed by atoms with Crippen LogP contribution >= 0.6 is 15.9 Å². The largest absolute Gasteiger partial charge is 0.497 e. The smallest absolute Gasteiger partial charge is 0.325 e. The second-order valence-electron chi connectivity index (χ2n) is 4.59. The summed E-state index contributed by atoms with van der Waals surface area (Å²) in [6.07, 6.45) is 0. The zero-order valence-electron chi connectivity index (χ0n) is 12.6. The molecule has 0 aromatic heterocycles. The number of rotatable bonds is 5. The molecule has 2 rings (SSSR count). The Morgan fingerprint density at radius 1 is 1.17 bits per heavy atom. The molecular formula is C16H14BrFN2O4. The molecule has 0 saturated carbocycles. The van der Waals surface area contributed by atoms with Crippen LogP contribution in [0.5, 0.6) is 11.5 Å². The van der Waals surface area contributed by atoms with Gasteiger partial charge in [0.2, 0.25) is 0 Å². The van der Waals surface area contributed by atoms with E-state index >= 15 is 0 Å². The first kappa shape index (κ1) is 17.7. The third kappa shape index (κ3) is 5.24. The number of imide groups is 1. The molecule has 6 nitrogen and oxygen atoms in total. The molecule has 126 valence electrons. The number of methoxy groups -OCH3 is 1. The van der Waals surface area contributed by atoms with Crippen LogP contribution in [-0.4, -0.2) is 25.7 Å². The fourth-order valence-electron chi connectivity index (χ4n) is 1.73. The van der Waals surface area contributed by atoms with Gasteiger partial charge in [-0.05, 0) is 42.5 Å². The second-order valence-corrected chi connectivity index (χ2v) is 5.51. The highest BCUT2D eigenvalue weighted by molar-refractivity contribution is 9.10. The highest BCUT2D eigenvalue weighted by atomic mass is 79.9. The molecule has 0 spiro atoms. The van der Waals surface area contributed by atoms with Crippen molar-refractivity contribution in [3.8, 4) is 11.5 Å². The minimum absolute atomic E-state index is 0.0797. The zero-order chi connectivity index (χ0) is 17.5. The second kappa shape index (κ2) is 8.30. The summed E-state index contributed by atoms with van der Waals surface area (Å²) in [6.45, 7) is -0.491. The van der Waals surface area contributed by atoms with Crippen LogP contribution < -0.4 is 20.1 Å². The Morgan fingerprint density at radius 2 is 1.88 bits per heavy atom. The molecule has 2 aromatic carbocycles. The van der Waals surface area contributed by atoms with Crippen LogP contribution in [0, 0.1) is 5.82 Å². The zero-order valence-corrected chi connectivity index (χ0v) is 14.2. The number of amides is 3. The molecule has 3 amide bonds. The first-order chi connectivity index (χ1) is 11.5. The Bertz CT molecular complexity index is 737. The fraction of sp³-hybridized carbons (Fsp3) is 0.125. The van der Waals surface area contributed by atoms with E-state index in [-0.39, 0.29) is 5.75 Å². The number of ether oxygens (including phenoxy) is 2. The quantitative estimate of drug-likeness (QED) is 0.812. The number of anilines is 1. The molecule has 0 aliphatic rings. The van der Waals surface area contributed by atoms with Gasteiger partial charge in [-0.1, -0.05) is 15.9 Å². The van der Waals surface area contributed by atoms with Gasteiger partial charge in [0.15, 0.2) is 18.2 Å². The average Bonchev–Trinajstić information content (AvgIpc) is 2.54. The number of hydrogen-bond donors (Lipinski definition) is 2. The Morgan fingerprint density at radius 3 is 2.50 bits per heavy atom. The van der Waals surface area contributed by atoms with Crippen molar-refractivity contribution in [1.82, 2.24) is 5.32 Å². The van der Waals surface area contributed by atoms with Crippen LogP contribution in [-0.2, 0) is 4.79 Å². The summed E-state index contributed by atoms with van der Waals surface area (Å²) in [6, 6.07) is 10.0. The standard InChI is InChI=1S/C16H14BrFN2O4/c1-23-12-5-3-11(4-6-12)19-16(22)20-15(21)9-24-14-7-2-10(17)8-13(14)18/h2-8H,9H2,1H3,(H2,19,20,21,22). The predicted octanol–water partition coefficient (Wildman–Crippen LogP) is 3.32. The summed E-state index contributed by atoms with van der Waals surface area (Å²) in [4.78, 5) is 23.3. The van der Waals surface area contributed by atoms with Crippen LogP contribution in [0.2, 0.25) is 0 Å². The third-order valence-electron chi connectivity index (χ3n) is 2.85. The molecule has 0 fully saturated rings. The molecule has 0 aliphatic carbocycles. The van der Waals surface area contributed by atoms with Crippen LogP contribution in [0.1, 0.15) is 0 Å². The highest BCUT2D eigenvalue weighted by Crippen LogP contribution is 2.21. The van der Waals surface area contributed by atoms with E-state index in [1.165, 1.54) is 19.2 Å². The first-order valence-corrected chi connectivity index (χ1v) is 7.60. The van der Waals surface area contributed by atoms with Gasteiger partial charge in [-0.2, -0.15) is 0 Å². The van der Waals surface area contributed by atoms with E-state index in [4.69, 9.17) is 9.47 Å². The molecule has 0 saturated heterocycles. The number of nitrogens with one attached hydrogen (secondary N) is 2. The van der Waals surface area contributed by atoms with E-state index < -0.39 is 24.4 Å². The molecule has 24 heavy (non-hydrogen) atoms. The van der Waals surface area contributed by atoms with Crippen molar-refractivity contribution < 1.29 is 23.5 Å². The van der Waals surface area contributed by atoms with Gasteiger partial charge in [-0.25, -0.2) is 9.18 Å². The lowest BCUT2D eigenvalue weighted by molar-refractivity contribution is -0.121. The van der Waals surface area contributed by atoms with Crippen molar-refractivity contribution in [3.63, 3.8) is 0 Å². The summed E-state index contributed by atoms with van der Waals surface area (Å²) in [7, 11) is 1.53. The van der Waals surface area contributed by atoms with Crippen LogP contribution in [0.25, 0.3) is 0 Å². The van der Waals surface area contributed by atoms with Crippen LogP contribution in [0.3, 0.4) is 0 Å². The minimum Gasteiger partial charge on any atom is -0.497 e. The van der Waals surface area contributed by atoms with E-state index in [1.807, 2.05) is 0 Å². The average molecular weight is 397 g/mol. The molecule has 0 heterocycles. The molecule has 2 N–H and O–H groups in total. The third-order valence-corrected chi connectivity index (χ3v) is 3.35. The maximum Gasteiger partial charge on any atom is 0.325 e. The highest BCUT2D eigenvalue weighted by Gasteiger charge is 2.11. The van der Waals surface area contributed by atoms with E-state index in [2.05, 4.69) is 26.6 Å². The molecule has 0 unspecified atom stereocenters. The van der Waals surface area contributed by atoms with Crippen molar-refractivity contribution in [2.75, 3.05) is 19.0 Å². The van der Waals surface area contributed by atoms with Crippen LogP contribution in [0.4, 0.5) is 14.9 Å². The summed E-state index contributed by atoms with van der Waals surface area (Å²) >= 11 is 3.11. The SMILES string of the molecule is COc1ccc(NC(=O)NC(=O)COc2ccc(Br)cc2F)cc1. The topological polar surface area (TPSA) is 76.7 Å². The Kier molecular flexibility index (Phi) is 6.14. The van der Waals surface area contributed by atoms with Gasteiger partial charge in [0.1, 0.15) is 5.75 Å². The first-order valence-electron chi connectivity index (χ1n) is 6.80. The number of halogens is 2. The number of urea groups is 1. The summed E-state index contributed by atoms with van der Waals surface area (Å²) < 4.78 is 24.1. The van der Waals surface area contributed by atoms with Gasteiger partial charge >= 0.3 is 6.03 Å². The Balaban J connectivity index is 1.81. The maximum atomic E-state index is 13.5. The minimum atomic E-state index is -0.718. The molecule has 0 atom stereocenters. The van der Waals surface area contributed by atoms with Gasteiger partial charge in [0.25, 0.3) is 5.91 Å². The van der Waals surface area contributed by atoms with E-state index in [1.54, 1.807) is 30.3 Å². The monoisotopic (exact) mass is 396 g/mol. The molecule has 0 radical (unpaired) electrons. The Hall–Kier alpha value is -2.61. The summed E-state index contributed by atoms with van der Waals surface area (Å²) in [5.74, 6) is -0.755. The van der Waals surface area contributed by atoms with Gasteiger partial charge in [0, 0.05) is 10.2 Å². The molecule has 0 bridgehead atoms. The van der Waals surface area contributed by atoms with Crippen molar-refractivity contribution >= 4 is 33.6 Å². The van der Waals surface area contributed by atoms with Crippen molar-refractivity contribution in [3.05, 3.63) is 52.8 Å². The summed E-state index contributed by atoms with van der Waals surface area (Å²) in [5, 5.41) is 4.56. The normalized spacial score (nSPS) is 9.96.